The Labute approximate surface area is 116 Å². The van der Waals surface area contributed by atoms with Crippen LogP contribution in [0.15, 0.2) is 0 Å². The molecule has 0 heterocycles. The first-order chi connectivity index (χ1) is 9.20. The van der Waals surface area contributed by atoms with Crippen molar-refractivity contribution in [3.05, 3.63) is 0 Å². The summed E-state index contributed by atoms with van der Waals surface area (Å²) in [5.41, 5.74) is -5.36. The van der Waals surface area contributed by atoms with Crippen LogP contribution in [0.3, 0.4) is 0 Å². The maximum Gasteiger partial charge on any atom is 0.523 e. The Hall–Kier alpha value is -0.830. The Morgan fingerprint density at radius 3 is 2.00 bits per heavy atom. The smallest absolute Gasteiger partial charge is 0.469 e. The molecule has 120 valence electrons. The lowest BCUT2D eigenvalue weighted by molar-refractivity contribution is -0.140. The van der Waals surface area contributed by atoms with Crippen LogP contribution < -0.4 is 0 Å². The van der Waals surface area contributed by atoms with Crippen molar-refractivity contribution < 1.29 is 35.3 Å². The number of esters is 1. The molecule has 0 aliphatic heterocycles. The molecule has 0 rings (SSSR count). The van der Waals surface area contributed by atoms with E-state index in [1.54, 1.807) is 0 Å². The van der Waals surface area contributed by atoms with Crippen molar-refractivity contribution in [2.24, 2.45) is 0 Å². The van der Waals surface area contributed by atoms with Crippen molar-refractivity contribution in [1.29, 1.82) is 0 Å². The Balaban J connectivity index is 3.49. The molecule has 0 aromatic rings. The average molecular weight is 320 g/mol. The average Bonchev–Trinajstić information content (AvgIpc) is 2.34. The number of methoxy groups -OCH3 is 1. The zero-order valence-corrected chi connectivity index (χ0v) is 12.1. The second-order valence-electron chi connectivity index (χ2n) is 4.17. The van der Waals surface area contributed by atoms with Gasteiger partial charge in [-0.15, -0.1) is 0 Å². The van der Waals surface area contributed by atoms with Gasteiger partial charge in [0.2, 0.25) is 0 Å². The summed E-state index contributed by atoms with van der Waals surface area (Å²) < 4.78 is 65.0. The van der Waals surface area contributed by atoms with Gasteiger partial charge >= 0.3 is 21.6 Å². The lowest BCUT2D eigenvalue weighted by Crippen LogP contribution is -2.25. The lowest BCUT2D eigenvalue weighted by atomic mass is 10.1. The fourth-order valence-corrected chi connectivity index (χ4v) is 1.89. The summed E-state index contributed by atoms with van der Waals surface area (Å²) in [5, 5.41) is 0. The van der Waals surface area contributed by atoms with Gasteiger partial charge in [0, 0.05) is 6.42 Å². The summed E-state index contributed by atoms with van der Waals surface area (Å²) in [5.74, 6) is -0.268. The third-order valence-corrected chi connectivity index (χ3v) is 3.57. The maximum atomic E-state index is 11.9. The van der Waals surface area contributed by atoms with E-state index in [4.69, 9.17) is 0 Å². The van der Waals surface area contributed by atoms with Gasteiger partial charge in [0.05, 0.1) is 13.7 Å². The van der Waals surface area contributed by atoms with Crippen LogP contribution >= 0.6 is 0 Å². The molecule has 0 fully saturated rings. The van der Waals surface area contributed by atoms with Gasteiger partial charge in [-0.3, -0.25) is 8.98 Å². The molecule has 0 aliphatic carbocycles. The van der Waals surface area contributed by atoms with Crippen LogP contribution in [0.4, 0.5) is 13.2 Å². The predicted octanol–water partition coefficient (Wildman–Crippen LogP) is 2.76. The van der Waals surface area contributed by atoms with Crippen LogP contribution in [0.25, 0.3) is 0 Å². The number of ether oxygens (including phenoxy) is 1. The van der Waals surface area contributed by atoms with Gasteiger partial charge in [-0.25, -0.2) is 0 Å². The molecule has 0 aromatic heterocycles. The first kappa shape index (κ1) is 19.2. The SMILES string of the molecule is COC(=O)CCCCCCCCOS(=O)(=O)C(F)(F)F. The molecule has 0 saturated heterocycles. The summed E-state index contributed by atoms with van der Waals surface area (Å²) in [6, 6.07) is 0. The molecule has 0 amide bonds. The van der Waals surface area contributed by atoms with Gasteiger partial charge < -0.3 is 4.74 Å². The summed E-state index contributed by atoms with van der Waals surface area (Å²) in [6.07, 6.45) is 4.25. The molecule has 0 aromatic carbocycles. The third kappa shape index (κ3) is 8.36. The van der Waals surface area contributed by atoms with E-state index in [-0.39, 0.29) is 12.4 Å². The van der Waals surface area contributed by atoms with Crippen LogP contribution in [0.1, 0.15) is 44.9 Å². The standard InChI is InChI=1S/C11H19F3O5S/c1-18-10(15)8-6-4-2-3-5-7-9-19-20(16,17)11(12,13)14/h2-9H2,1H3. The van der Waals surface area contributed by atoms with E-state index < -0.39 is 22.2 Å². The molecule has 0 N–H and O–H groups in total. The molecule has 5 nitrogen and oxygen atoms in total. The van der Waals surface area contributed by atoms with Crippen molar-refractivity contribution in [2.75, 3.05) is 13.7 Å². The highest BCUT2D eigenvalue weighted by Gasteiger charge is 2.47. The molecule has 0 aliphatic rings. The molecular formula is C11H19F3O5S. The molecule has 0 unspecified atom stereocenters. The van der Waals surface area contributed by atoms with Crippen molar-refractivity contribution in [3.8, 4) is 0 Å². The Kier molecular flexibility index (Phi) is 8.79. The predicted molar refractivity (Wildman–Crippen MR) is 65.3 cm³/mol. The van der Waals surface area contributed by atoms with Gasteiger partial charge in [-0.1, -0.05) is 25.7 Å². The number of hydrogen-bond donors (Lipinski definition) is 0. The fourth-order valence-electron chi connectivity index (χ4n) is 1.42. The number of rotatable bonds is 10. The van der Waals surface area contributed by atoms with Gasteiger partial charge in [0.1, 0.15) is 0 Å². The Morgan fingerprint density at radius 2 is 1.50 bits per heavy atom. The van der Waals surface area contributed by atoms with E-state index >= 15 is 0 Å². The minimum absolute atomic E-state index is 0.242. The number of unbranched alkanes of at least 4 members (excludes halogenated alkanes) is 5. The first-order valence-electron chi connectivity index (χ1n) is 6.23. The summed E-state index contributed by atoms with van der Waals surface area (Å²) in [7, 11) is -4.15. The largest absolute Gasteiger partial charge is 0.523 e. The molecule has 9 heteroatoms. The number of carbonyl (C=O) groups is 1. The molecule has 0 spiro atoms. The lowest BCUT2D eigenvalue weighted by Gasteiger charge is -2.07. The highest BCUT2D eigenvalue weighted by atomic mass is 32.2. The monoisotopic (exact) mass is 320 g/mol. The van der Waals surface area contributed by atoms with Crippen molar-refractivity contribution in [2.45, 2.75) is 50.5 Å². The van der Waals surface area contributed by atoms with Crippen LogP contribution in [0, 0.1) is 0 Å². The zero-order chi connectivity index (χ0) is 15.6. The highest BCUT2D eigenvalue weighted by Crippen LogP contribution is 2.24. The fraction of sp³-hybridized carbons (Fsp3) is 0.909. The van der Waals surface area contributed by atoms with Crippen LogP contribution in [0.2, 0.25) is 0 Å². The summed E-state index contributed by atoms with van der Waals surface area (Å²) in [6.45, 7) is -0.468. The van der Waals surface area contributed by atoms with E-state index in [2.05, 4.69) is 8.92 Å². The molecular weight excluding hydrogens is 301 g/mol. The highest BCUT2D eigenvalue weighted by molar-refractivity contribution is 7.87. The van der Waals surface area contributed by atoms with Crippen LogP contribution in [0.5, 0.6) is 0 Å². The molecule has 0 radical (unpaired) electrons. The molecule has 0 atom stereocenters. The minimum atomic E-state index is -5.46. The van der Waals surface area contributed by atoms with Crippen molar-refractivity contribution in [1.82, 2.24) is 0 Å². The Bertz CT molecular complexity index is 378. The zero-order valence-electron chi connectivity index (χ0n) is 11.2. The second-order valence-corrected chi connectivity index (χ2v) is 5.78. The van der Waals surface area contributed by atoms with Crippen LogP contribution in [-0.2, 0) is 23.8 Å². The minimum Gasteiger partial charge on any atom is -0.469 e. The molecule has 0 bridgehead atoms. The van der Waals surface area contributed by atoms with Gasteiger partial charge in [0.15, 0.2) is 0 Å². The summed E-state index contributed by atoms with van der Waals surface area (Å²) >= 11 is 0. The van der Waals surface area contributed by atoms with E-state index in [1.165, 1.54) is 7.11 Å². The van der Waals surface area contributed by atoms with Crippen LogP contribution in [-0.4, -0.2) is 33.6 Å². The Morgan fingerprint density at radius 1 is 1.00 bits per heavy atom. The third-order valence-electron chi connectivity index (χ3n) is 2.52. The topological polar surface area (TPSA) is 69.7 Å². The number of hydrogen-bond acceptors (Lipinski definition) is 5. The summed E-state index contributed by atoms with van der Waals surface area (Å²) in [4.78, 5) is 10.8. The first-order valence-corrected chi connectivity index (χ1v) is 7.64. The van der Waals surface area contributed by atoms with E-state index in [0.717, 1.165) is 19.3 Å². The van der Waals surface area contributed by atoms with E-state index in [9.17, 15) is 26.4 Å². The number of alkyl halides is 3. The quantitative estimate of drug-likeness (QED) is 0.268. The normalized spacial score (nSPS) is 12.4. The van der Waals surface area contributed by atoms with Gasteiger partial charge in [-0.05, 0) is 12.8 Å². The maximum absolute atomic E-state index is 11.9. The van der Waals surface area contributed by atoms with Crippen molar-refractivity contribution in [3.63, 3.8) is 0 Å². The number of halogens is 3. The van der Waals surface area contributed by atoms with Crippen molar-refractivity contribution >= 4 is 16.1 Å². The number of carbonyl (C=O) groups excluding carboxylic acids is 1. The molecule has 0 saturated carbocycles. The van der Waals surface area contributed by atoms with Gasteiger partial charge in [-0.2, -0.15) is 21.6 Å². The van der Waals surface area contributed by atoms with Gasteiger partial charge in [0.25, 0.3) is 0 Å². The second kappa shape index (κ2) is 9.17. The van der Waals surface area contributed by atoms with E-state index in [1.807, 2.05) is 0 Å². The van der Waals surface area contributed by atoms with E-state index in [0.29, 0.717) is 19.3 Å². The molecule has 20 heavy (non-hydrogen) atoms.